The molecule has 0 atom stereocenters. The van der Waals surface area contributed by atoms with Gasteiger partial charge in [-0.25, -0.2) is 4.98 Å². The first-order chi connectivity index (χ1) is 16.6. The Morgan fingerprint density at radius 1 is 1.03 bits per heavy atom. The Kier molecular flexibility index (Phi) is 8.28. The van der Waals surface area contributed by atoms with Gasteiger partial charge in [0, 0.05) is 23.3 Å². The molecule has 0 aliphatic rings. The minimum absolute atomic E-state index is 0.433. The number of hydrogen-bond acceptors (Lipinski definition) is 9. The van der Waals surface area contributed by atoms with Crippen molar-refractivity contribution in [1.29, 1.82) is 0 Å². The quantitative estimate of drug-likeness (QED) is 0.206. The Morgan fingerprint density at radius 2 is 1.76 bits per heavy atom. The molecule has 0 saturated carbocycles. The number of halogens is 1. The van der Waals surface area contributed by atoms with Gasteiger partial charge >= 0.3 is 0 Å². The molecule has 2 aromatic carbocycles. The van der Waals surface area contributed by atoms with Crippen LogP contribution < -0.4 is 14.2 Å². The summed E-state index contributed by atoms with van der Waals surface area (Å²) < 4.78 is 21.7. The Hall–Kier alpha value is -2.79. The molecule has 0 radical (unpaired) electrons. The van der Waals surface area contributed by atoms with Crippen molar-refractivity contribution in [2.75, 3.05) is 31.8 Å². The van der Waals surface area contributed by atoms with E-state index in [1.807, 2.05) is 52.4 Å². The minimum atomic E-state index is 0.433. The SMILES string of the molecule is COCc1nc(-c2nnc(NSCCc3ccc(Cl)cc3)n2-c2c(OC)cccc2OC)cs1. The highest BCUT2D eigenvalue weighted by Gasteiger charge is 2.23. The van der Waals surface area contributed by atoms with Crippen molar-refractivity contribution in [2.45, 2.75) is 13.0 Å². The van der Waals surface area contributed by atoms with Crippen LogP contribution in [0.25, 0.3) is 17.2 Å². The predicted octanol–water partition coefficient (Wildman–Crippen LogP) is 5.51. The lowest BCUT2D eigenvalue weighted by Gasteiger charge is -2.17. The summed E-state index contributed by atoms with van der Waals surface area (Å²) in [6.07, 6.45) is 0.875. The lowest BCUT2D eigenvalue weighted by molar-refractivity contribution is 0.184. The molecular weight excluding hydrogens is 494 g/mol. The zero-order chi connectivity index (χ0) is 23.9. The molecule has 0 bridgehead atoms. The molecule has 0 spiro atoms. The van der Waals surface area contributed by atoms with Crippen LogP contribution in [0.15, 0.2) is 47.8 Å². The van der Waals surface area contributed by atoms with E-state index < -0.39 is 0 Å². The lowest BCUT2D eigenvalue weighted by Crippen LogP contribution is -2.07. The van der Waals surface area contributed by atoms with Crippen LogP contribution in [0.2, 0.25) is 5.02 Å². The first-order valence-electron chi connectivity index (χ1n) is 10.4. The van der Waals surface area contributed by atoms with E-state index in [0.29, 0.717) is 41.3 Å². The Morgan fingerprint density at radius 3 is 2.44 bits per heavy atom. The van der Waals surface area contributed by atoms with Crippen molar-refractivity contribution in [3.05, 3.63) is 63.4 Å². The molecular formula is C23H24ClN5O3S2. The van der Waals surface area contributed by atoms with Crippen LogP contribution in [0.3, 0.4) is 0 Å². The van der Waals surface area contributed by atoms with E-state index in [1.165, 1.54) is 28.8 Å². The molecule has 2 aromatic heterocycles. The third-order valence-electron chi connectivity index (χ3n) is 4.91. The van der Waals surface area contributed by atoms with E-state index in [9.17, 15) is 0 Å². The molecule has 0 unspecified atom stereocenters. The van der Waals surface area contributed by atoms with Gasteiger partial charge in [-0.1, -0.05) is 29.8 Å². The zero-order valence-electron chi connectivity index (χ0n) is 18.9. The van der Waals surface area contributed by atoms with Gasteiger partial charge in [-0.05, 0) is 48.2 Å². The summed E-state index contributed by atoms with van der Waals surface area (Å²) in [5.74, 6) is 3.19. The number of methoxy groups -OCH3 is 3. The fraction of sp³-hybridized carbons (Fsp3) is 0.261. The molecule has 0 fully saturated rings. The first kappa shape index (κ1) is 24.3. The van der Waals surface area contributed by atoms with Crippen LogP contribution in [-0.4, -0.2) is 46.8 Å². The van der Waals surface area contributed by atoms with Crippen molar-refractivity contribution in [3.8, 4) is 28.7 Å². The number of aromatic nitrogens is 4. The van der Waals surface area contributed by atoms with E-state index in [-0.39, 0.29) is 0 Å². The van der Waals surface area contributed by atoms with Gasteiger partial charge in [-0.3, -0.25) is 9.29 Å². The second-order valence-corrected chi connectivity index (χ2v) is 9.36. The summed E-state index contributed by atoms with van der Waals surface area (Å²) in [4.78, 5) is 4.67. The maximum absolute atomic E-state index is 5.98. The maximum Gasteiger partial charge on any atom is 0.239 e. The van der Waals surface area contributed by atoms with Crippen molar-refractivity contribution in [1.82, 2.24) is 19.7 Å². The number of nitrogens with one attached hydrogen (secondary N) is 1. The Bertz CT molecular complexity index is 1210. The van der Waals surface area contributed by atoms with Crippen molar-refractivity contribution in [3.63, 3.8) is 0 Å². The van der Waals surface area contributed by atoms with Gasteiger partial charge in [-0.15, -0.1) is 21.5 Å². The van der Waals surface area contributed by atoms with E-state index in [4.69, 9.17) is 25.8 Å². The molecule has 0 saturated heterocycles. The van der Waals surface area contributed by atoms with Crippen LogP contribution >= 0.6 is 34.9 Å². The highest BCUT2D eigenvalue weighted by molar-refractivity contribution is 8.00. The zero-order valence-corrected chi connectivity index (χ0v) is 21.3. The van der Waals surface area contributed by atoms with E-state index in [2.05, 4.69) is 19.9 Å². The van der Waals surface area contributed by atoms with E-state index in [1.54, 1.807) is 21.3 Å². The Balaban J connectivity index is 1.65. The molecule has 4 rings (SSSR count). The minimum Gasteiger partial charge on any atom is -0.494 e. The van der Waals surface area contributed by atoms with Gasteiger partial charge in [0.1, 0.15) is 27.9 Å². The average Bonchev–Trinajstić information content (AvgIpc) is 3.49. The summed E-state index contributed by atoms with van der Waals surface area (Å²) in [6, 6.07) is 13.5. The van der Waals surface area contributed by atoms with Crippen molar-refractivity contribution in [2.24, 2.45) is 0 Å². The summed E-state index contributed by atoms with van der Waals surface area (Å²) in [6.45, 7) is 0.433. The van der Waals surface area contributed by atoms with Crippen LogP contribution in [-0.2, 0) is 17.8 Å². The third-order valence-corrected chi connectivity index (χ3v) is 6.72. The second-order valence-electron chi connectivity index (χ2n) is 7.08. The summed E-state index contributed by atoms with van der Waals surface area (Å²) in [5, 5.41) is 12.4. The number of hydrogen-bond donors (Lipinski definition) is 1. The molecule has 11 heteroatoms. The monoisotopic (exact) mass is 517 g/mol. The highest BCUT2D eigenvalue weighted by Crippen LogP contribution is 2.38. The number of anilines is 1. The highest BCUT2D eigenvalue weighted by atomic mass is 35.5. The number of aryl methyl sites for hydroxylation is 1. The lowest BCUT2D eigenvalue weighted by atomic mass is 10.2. The third kappa shape index (κ3) is 5.47. The van der Waals surface area contributed by atoms with Crippen molar-refractivity contribution < 1.29 is 14.2 Å². The fourth-order valence-corrected chi connectivity index (χ4v) is 4.89. The van der Waals surface area contributed by atoms with Gasteiger partial charge in [0.05, 0.1) is 20.8 Å². The fourth-order valence-electron chi connectivity index (χ4n) is 3.32. The van der Waals surface area contributed by atoms with Crippen LogP contribution in [0.4, 0.5) is 5.95 Å². The summed E-state index contributed by atoms with van der Waals surface area (Å²) in [5.41, 5.74) is 2.59. The molecule has 34 heavy (non-hydrogen) atoms. The van der Waals surface area contributed by atoms with E-state index in [0.717, 1.165) is 22.2 Å². The predicted molar refractivity (Wildman–Crippen MR) is 138 cm³/mol. The molecule has 0 aliphatic carbocycles. The summed E-state index contributed by atoms with van der Waals surface area (Å²) in [7, 11) is 4.89. The maximum atomic E-state index is 5.98. The van der Waals surface area contributed by atoms with Gasteiger partial charge in [0.25, 0.3) is 0 Å². The number of nitrogens with zero attached hydrogens (tertiary/aromatic N) is 4. The van der Waals surface area contributed by atoms with Crippen LogP contribution in [0.5, 0.6) is 11.5 Å². The number of thiazole rings is 1. The molecule has 178 valence electrons. The standard InChI is InChI=1S/C23H24ClN5O3S2/c1-30-13-20-25-17(14-33-20)22-26-27-23(28-34-12-11-15-7-9-16(24)10-8-15)29(22)21-18(31-2)5-4-6-19(21)32-3/h4-10,14H,11-13H2,1-3H3,(H,27,28). The number of ether oxygens (including phenoxy) is 3. The van der Waals surface area contributed by atoms with Gasteiger partial charge in [0.2, 0.25) is 5.95 Å². The largest absolute Gasteiger partial charge is 0.494 e. The normalized spacial score (nSPS) is 10.9. The van der Waals surface area contributed by atoms with Crippen LogP contribution in [0.1, 0.15) is 10.6 Å². The number of rotatable bonds is 11. The molecule has 0 aliphatic heterocycles. The smallest absolute Gasteiger partial charge is 0.239 e. The topological polar surface area (TPSA) is 83.3 Å². The second kappa shape index (κ2) is 11.6. The number of para-hydroxylation sites is 1. The molecule has 2 heterocycles. The van der Waals surface area contributed by atoms with Crippen molar-refractivity contribution >= 4 is 40.8 Å². The van der Waals surface area contributed by atoms with Gasteiger partial charge in [-0.2, -0.15) is 0 Å². The molecule has 4 aromatic rings. The first-order valence-corrected chi connectivity index (χ1v) is 12.6. The molecule has 8 nitrogen and oxygen atoms in total. The number of benzene rings is 2. The molecule has 0 amide bonds. The van der Waals surface area contributed by atoms with Gasteiger partial charge < -0.3 is 14.2 Å². The Labute approximate surface area is 211 Å². The summed E-state index contributed by atoms with van der Waals surface area (Å²) >= 11 is 9.03. The average molecular weight is 518 g/mol. The van der Waals surface area contributed by atoms with Crippen LogP contribution in [0, 0.1) is 0 Å². The van der Waals surface area contributed by atoms with Gasteiger partial charge in [0.15, 0.2) is 5.82 Å². The molecule has 1 N–H and O–H groups in total. The van der Waals surface area contributed by atoms with E-state index >= 15 is 0 Å².